The van der Waals surface area contributed by atoms with Gasteiger partial charge in [-0.2, -0.15) is 13.2 Å². The second kappa shape index (κ2) is 13.6. The number of methoxy groups -OCH3 is 1. The Hall–Kier alpha value is -4.66. The van der Waals surface area contributed by atoms with Crippen molar-refractivity contribution in [2.24, 2.45) is 10.7 Å². The first kappa shape index (κ1) is 30.9. The third-order valence-corrected chi connectivity index (χ3v) is 5.58. The Morgan fingerprint density at radius 3 is 2.39 bits per heavy atom. The lowest BCUT2D eigenvalue weighted by atomic mass is 10.0. The van der Waals surface area contributed by atoms with Crippen molar-refractivity contribution < 1.29 is 31.5 Å². The molecule has 0 unspecified atom stereocenters. The molecule has 0 spiro atoms. The number of pyridine rings is 3. The average Bonchev–Trinajstić information content (AvgIpc) is 2.92. The number of hydrogen-bond donors (Lipinski definition) is 2. The maximum atomic E-state index is 13.3. The number of aromatic amines is 1. The number of aliphatic imine (C=N–C) groups is 1. The number of nitrogens with two attached hydrogens (primary N) is 1. The van der Waals surface area contributed by atoms with Gasteiger partial charge in [-0.25, -0.2) is 18.8 Å². The topological polar surface area (TPSA) is 132 Å². The SMILES string of the molecule is COc1cnc(C(F)F)cc1-c1cc(C)ncc1C=Nc1ncc(-c2ccc(CC(F)(F)F)cn2)[nH]c1=S.NC=O. The van der Waals surface area contributed by atoms with Gasteiger partial charge in [0.25, 0.3) is 6.43 Å². The highest BCUT2D eigenvalue weighted by Gasteiger charge is 2.27. The fourth-order valence-corrected chi connectivity index (χ4v) is 3.74. The number of alkyl halides is 5. The number of halogens is 5. The largest absolute Gasteiger partial charge is 0.494 e. The number of aryl methyl sites for hydroxylation is 1. The van der Waals surface area contributed by atoms with Crippen LogP contribution in [0.2, 0.25) is 0 Å². The summed E-state index contributed by atoms with van der Waals surface area (Å²) in [6, 6.07) is 5.73. The first-order valence-corrected chi connectivity index (χ1v) is 12.0. The fraction of sp³-hybridized carbons (Fsp3) is 0.192. The Kier molecular flexibility index (Phi) is 10.2. The monoisotopic (exact) mass is 591 g/mol. The molecule has 0 aromatic carbocycles. The van der Waals surface area contributed by atoms with Crippen LogP contribution in [0.5, 0.6) is 5.75 Å². The molecule has 0 aliphatic carbocycles. The van der Waals surface area contributed by atoms with Gasteiger partial charge in [0.05, 0.1) is 37.3 Å². The highest BCUT2D eigenvalue weighted by atomic mass is 32.1. The van der Waals surface area contributed by atoms with E-state index in [9.17, 15) is 22.0 Å². The van der Waals surface area contributed by atoms with E-state index in [1.165, 1.54) is 50.1 Å². The molecule has 1 amide bonds. The number of primary amides is 1. The van der Waals surface area contributed by atoms with E-state index in [2.05, 4.69) is 35.6 Å². The van der Waals surface area contributed by atoms with Gasteiger partial charge in [-0.1, -0.05) is 18.3 Å². The molecule has 9 nitrogen and oxygen atoms in total. The molecule has 0 radical (unpaired) electrons. The number of aromatic nitrogens is 5. The van der Waals surface area contributed by atoms with Gasteiger partial charge in [0.1, 0.15) is 16.1 Å². The van der Waals surface area contributed by atoms with Crippen LogP contribution in [0.4, 0.5) is 27.8 Å². The van der Waals surface area contributed by atoms with E-state index in [4.69, 9.17) is 21.7 Å². The summed E-state index contributed by atoms with van der Waals surface area (Å²) in [5, 5.41) is 0. The second-order valence-electron chi connectivity index (χ2n) is 8.21. The van der Waals surface area contributed by atoms with E-state index in [0.717, 1.165) is 6.20 Å². The first-order chi connectivity index (χ1) is 19.4. The maximum absolute atomic E-state index is 13.3. The molecule has 214 valence electrons. The van der Waals surface area contributed by atoms with Crippen LogP contribution in [0.3, 0.4) is 0 Å². The van der Waals surface area contributed by atoms with Gasteiger partial charge < -0.3 is 15.5 Å². The molecule has 0 saturated heterocycles. The second-order valence-corrected chi connectivity index (χ2v) is 8.62. The maximum Gasteiger partial charge on any atom is 0.393 e. The minimum atomic E-state index is -4.33. The Morgan fingerprint density at radius 2 is 1.80 bits per heavy atom. The third-order valence-electron chi connectivity index (χ3n) is 5.29. The summed E-state index contributed by atoms with van der Waals surface area (Å²) in [7, 11) is 1.41. The zero-order valence-electron chi connectivity index (χ0n) is 21.5. The van der Waals surface area contributed by atoms with Crippen molar-refractivity contribution in [3.63, 3.8) is 0 Å². The standard InChI is InChI=1S/C25H19F5N6OS.CH3NO/c1-13-5-16(17-6-19(22(26)27)33-12-21(17)37-2)15(9-31-13)10-34-23-24(38)36-20(11-35-23)18-4-3-14(8-32-18)7-25(28,29)30;2-1-3/h3-6,8-12,22H,7H2,1-2H3,(H,36,38);1H,(H2,2,3). The molecule has 0 aliphatic heterocycles. The third kappa shape index (κ3) is 8.41. The minimum absolute atomic E-state index is 0.0306. The highest BCUT2D eigenvalue weighted by molar-refractivity contribution is 7.71. The normalized spacial score (nSPS) is 11.3. The summed E-state index contributed by atoms with van der Waals surface area (Å²) in [5.41, 5.74) is 6.60. The molecular weight excluding hydrogens is 569 g/mol. The Morgan fingerprint density at radius 1 is 1.07 bits per heavy atom. The Balaban J connectivity index is 0.00000147. The molecule has 4 aromatic rings. The molecule has 0 fully saturated rings. The quantitative estimate of drug-likeness (QED) is 0.119. The number of hydrogen-bond acceptors (Lipinski definition) is 8. The highest BCUT2D eigenvalue weighted by Crippen LogP contribution is 2.34. The van der Waals surface area contributed by atoms with Crippen molar-refractivity contribution in [3.05, 3.63) is 76.2 Å². The van der Waals surface area contributed by atoms with E-state index in [0.29, 0.717) is 39.5 Å². The van der Waals surface area contributed by atoms with Crippen molar-refractivity contribution >= 4 is 30.7 Å². The molecule has 0 atom stereocenters. The van der Waals surface area contributed by atoms with E-state index in [1.807, 2.05) is 0 Å². The predicted molar refractivity (Wildman–Crippen MR) is 144 cm³/mol. The van der Waals surface area contributed by atoms with Gasteiger partial charge in [-0.15, -0.1) is 0 Å². The van der Waals surface area contributed by atoms with E-state index < -0.39 is 24.7 Å². The van der Waals surface area contributed by atoms with Crippen LogP contribution in [0.15, 0.2) is 54.0 Å². The number of amides is 1. The van der Waals surface area contributed by atoms with Crippen molar-refractivity contribution in [2.75, 3.05) is 7.11 Å². The molecule has 4 aromatic heterocycles. The molecule has 4 heterocycles. The number of nitrogens with zero attached hydrogens (tertiary/aromatic N) is 5. The van der Waals surface area contributed by atoms with E-state index in [1.54, 1.807) is 13.0 Å². The fourth-order valence-electron chi connectivity index (χ4n) is 3.53. The van der Waals surface area contributed by atoms with Gasteiger partial charge in [0.15, 0.2) is 5.82 Å². The Labute approximate surface area is 235 Å². The van der Waals surface area contributed by atoms with Crippen LogP contribution in [-0.4, -0.2) is 50.8 Å². The molecule has 15 heteroatoms. The number of nitrogens with one attached hydrogen (secondary N) is 1. The summed E-state index contributed by atoms with van der Waals surface area (Å²) < 4.78 is 69.8. The van der Waals surface area contributed by atoms with Gasteiger partial charge in [-0.3, -0.25) is 19.7 Å². The number of carbonyl (C=O) groups is 1. The molecule has 3 N–H and O–H groups in total. The van der Waals surface area contributed by atoms with Gasteiger partial charge in [0.2, 0.25) is 6.41 Å². The summed E-state index contributed by atoms with van der Waals surface area (Å²) in [6.45, 7) is 1.76. The molecule has 0 saturated carbocycles. The summed E-state index contributed by atoms with van der Waals surface area (Å²) in [5.74, 6) is 0.446. The zero-order chi connectivity index (χ0) is 30.2. The smallest absolute Gasteiger partial charge is 0.393 e. The summed E-state index contributed by atoms with van der Waals surface area (Å²) in [6.07, 6.45) is -1.17. The first-order valence-electron chi connectivity index (χ1n) is 11.6. The van der Waals surface area contributed by atoms with Crippen LogP contribution in [0, 0.1) is 11.6 Å². The molecule has 0 bridgehead atoms. The lowest BCUT2D eigenvalue weighted by Gasteiger charge is -2.13. The number of H-pyrrole nitrogens is 1. The van der Waals surface area contributed by atoms with Crippen LogP contribution < -0.4 is 10.5 Å². The lowest BCUT2D eigenvalue weighted by Crippen LogP contribution is -2.11. The van der Waals surface area contributed by atoms with Gasteiger partial charge in [-0.05, 0) is 36.2 Å². The van der Waals surface area contributed by atoms with Crippen molar-refractivity contribution in [2.45, 2.75) is 25.9 Å². The molecule has 0 aliphatic rings. The summed E-state index contributed by atoms with van der Waals surface area (Å²) >= 11 is 5.35. The molecule has 41 heavy (non-hydrogen) atoms. The minimum Gasteiger partial charge on any atom is -0.494 e. The lowest BCUT2D eigenvalue weighted by molar-refractivity contribution is -0.127. The zero-order valence-corrected chi connectivity index (χ0v) is 22.3. The summed E-state index contributed by atoms with van der Waals surface area (Å²) in [4.78, 5) is 32.1. The number of carbonyl (C=O) groups excluding carboxylic acids is 1. The van der Waals surface area contributed by atoms with Gasteiger partial charge in [0, 0.05) is 35.4 Å². The number of rotatable bonds is 7. The van der Waals surface area contributed by atoms with E-state index in [-0.39, 0.29) is 22.4 Å². The number of ether oxygens (including phenoxy) is 1. The van der Waals surface area contributed by atoms with Crippen LogP contribution >= 0.6 is 12.2 Å². The van der Waals surface area contributed by atoms with Crippen molar-refractivity contribution in [1.29, 1.82) is 0 Å². The van der Waals surface area contributed by atoms with Crippen LogP contribution in [-0.2, 0) is 11.2 Å². The predicted octanol–water partition coefficient (Wildman–Crippen LogP) is 5.87. The van der Waals surface area contributed by atoms with E-state index >= 15 is 0 Å². The van der Waals surface area contributed by atoms with Gasteiger partial charge >= 0.3 is 6.18 Å². The van der Waals surface area contributed by atoms with Crippen LogP contribution in [0.25, 0.3) is 22.5 Å². The Bertz CT molecular complexity index is 1590. The van der Waals surface area contributed by atoms with Crippen molar-refractivity contribution in [1.82, 2.24) is 24.9 Å². The molecule has 4 rings (SSSR count). The average molecular weight is 592 g/mol. The van der Waals surface area contributed by atoms with Crippen molar-refractivity contribution in [3.8, 4) is 28.3 Å². The van der Waals surface area contributed by atoms with Crippen LogP contribution in [0.1, 0.15) is 28.9 Å². The molecular formula is C26H22F5N7O2S.